The van der Waals surface area contributed by atoms with Crippen LogP contribution in [0, 0.1) is 0 Å². The number of hydrogen-bond donors (Lipinski definition) is 0. The van der Waals surface area contributed by atoms with Crippen molar-refractivity contribution in [2.45, 2.75) is 0 Å². The summed E-state index contributed by atoms with van der Waals surface area (Å²) in [5.41, 5.74) is 8.32. The summed E-state index contributed by atoms with van der Waals surface area (Å²) in [5.74, 6) is 0.996. The second-order valence-electron chi connectivity index (χ2n) is 13.2. The van der Waals surface area contributed by atoms with E-state index in [0.717, 1.165) is 33.4 Å². The molecule has 0 amide bonds. The van der Waals surface area contributed by atoms with E-state index in [-0.39, 0.29) is 0 Å². The molecule has 0 fully saturated rings. The van der Waals surface area contributed by atoms with Crippen LogP contribution in [0.4, 0.5) is 0 Å². The number of nitrogens with zero attached hydrogens (tertiary/aromatic N) is 3. The van der Waals surface area contributed by atoms with E-state index >= 15 is 0 Å². The minimum absolute atomic E-state index is 0.486. The first kappa shape index (κ1) is 28.7. The molecule has 0 aliphatic carbocycles. The zero-order chi connectivity index (χ0) is 34.2. The summed E-state index contributed by atoms with van der Waals surface area (Å²) < 4.78 is 12.6. The van der Waals surface area contributed by atoms with Crippen LogP contribution in [0.3, 0.4) is 0 Å². The van der Waals surface area contributed by atoms with Gasteiger partial charge in [-0.2, -0.15) is 9.97 Å². The van der Waals surface area contributed by atoms with Crippen molar-refractivity contribution >= 4 is 65.6 Å². The van der Waals surface area contributed by atoms with Crippen molar-refractivity contribution in [1.29, 1.82) is 0 Å². The first-order chi connectivity index (χ1) is 25.7. The largest absolute Gasteiger partial charge is 0.434 e. The van der Waals surface area contributed by atoms with E-state index in [4.69, 9.17) is 23.8 Å². The summed E-state index contributed by atoms with van der Waals surface area (Å²) in [6.07, 6.45) is 0. The van der Waals surface area contributed by atoms with E-state index < -0.39 is 0 Å². The lowest BCUT2D eigenvalue weighted by Gasteiger charge is -2.11. The molecule has 0 saturated carbocycles. The van der Waals surface area contributed by atoms with Crippen LogP contribution >= 0.6 is 0 Å². The smallest absolute Gasteiger partial charge is 0.228 e. The number of aromatic nitrogens is 3. The Morgan fingerprint density at radius 3 is 1.19 bits per heavy atom. The Bertz CT molecular complexity index is 2950. The van der Waals surface area contributed by atoms with Gasteiger partial charge < -0.3 is 8.83 Å². The minimum Gasteiger partial charge on any atom is -0.434 e. The van der Waals surface area contributed by atoms with Crippen LogP contribution in [-0.2, 0) is 0 Å². The highest BCUT2D eigenvalue weighted by Crippen LogP contribution is 2.39. The van der Waals surface area contributed by atoms with Gasteiger partial charge >= 0.3 is 0 Å². The molecule has 52 heavy (non-hydrogen) atoms. The number of pyridine rings is 1. The van der Waals surface area contributed by atoms with E-state index in [0.29, 0.717) is 34.2 Å². The third-order valence-electron chi connectivity index (χ3n) is 10.1. The standard InChI is InChI=1S/C47H27N3O2/c1-3-17-34-30(11-1)25-40(38-21-7-5-19-36(34)38)28-13-9-15-32(23-28)46-49-44-42(51-46)27-43-45(48-44)50-47(52-43)33-16-10-14-29(24-33)41-26-31-12-2-4-18-35(31)37-20-6-8-22-39(37)41/h1-27H. The molecule has 0 radical (unpaired) electrons. The van der Waals surface area contributed by atoms with Gasteiger partial charge in [-0.3, -0.25) is 0 Å². The molecule has 3 aromatic heterocycles. The van der Waals surface area contributed by atoms with Crippen LogP contribution in [0.15, 0.2) is 173 Å². The molecule has 0 saturated heterocycles. The molecular formula is C47H27N3O2. The van der Waals surface area contributed by atoms with Gasteiger partial charge in [0.05, 0.1) is 0 Å². The Labute approximate surface area is 297 Å². The average Bonchev–Trinajstić information content (AvgIpc) is 3.83. The molecule has 0 N–H and O–H groups in total. The van der Waals surface area contributed by atoms with Crippen molar-refractivity contribution in [3.8, 4) is 45.2 Å². The fraction of sp³-hybridized carbons (Fsp3) is 0. The van der Waals surface area contributed by atoms with E-state index in [1.165, 1.54) is 43.1 Å². The maximum Gasteiger partial charge on any atom is 0.228 e. The maximum absolute atomic E-state index is 6.32. The van der Waals surface area contributed by atoms with Crippen molar-refractivity contribution in [2.75, 3.05) is 0 Å². The molecule has 0 unspecified atom stereocenters. The quantitative estimate of drug-likeness (QED) is 0.175. The van der Waals surface area contributed by atoms with E-state index in [1.54, 1.807) is 0 Å². The predicted octanol–water partition coefficient (Wildman–Crippen LogP) is 12.6. The van der Waals surface area contributed by atoms with Crippen molar-refractivity contribution in [2.24, 2.45) is 0 Å². The van der Waals surface area contributed by atoms with Gasteiger partial charge in [-0.25, -0.2) is 4.98 Å². The van der Waals surface area contributed by atoms with Gasteiger partial charge in [0.2, 0.25) is 23.1 Å². The third-order valence-corrected chi connectivity index (χ3v) is 10.1. The molecule has 11 rings (SSSR count). The van der Waals surface area contributed by atoms with Gasteiger partial charge in [0.15, 0.2) is 11.2 Å². The molecule has 11 aromatic rings. The van der Waals surface area contributed by atoms with E-state index in [2.05, 4.69) is 133 Å². The number of oxazole rings is 2. The average molecular weight is 666 g/mol. The second kappa shape index (κ2) is 11.2. The summed E-state index contributed by atoms with van der Waals surface area (Å²) in [6, 6.07) is 57.2. The van der Waals surface area contributed by atoms with Gasteiger partial charge in [-0.15, -0.1) is 0 Å². The molecule has 5 nitrogen and oxygen atoms in total. The summed E-state index contributed by atoms with van der Waals surface area (Å²) in [7, 11) is 0. The third kappa shape index (κ3) is 4.53. The van der Waals surface area contributed by atoms with Crippen LogP contribution < -0.4 is 0 Å². The molecular weight excluding hydrogens is 639 g/mol. The first-order valence-corrected chi connectivity index (χ1v) is 17.3. The second-order valence-corrected chi connectivity index (χ2v) is 13.2. The molecule has 5 heteroatoms. The van der Waals surface area contributed by atoms with Crippen LogP contribution in [0.2, 0.25) is 0 Å². The highest BCUT2D eigenvalue weighted by atomic mass is 16.4. The fourth-order valence-corrected chi connectivity index (χ4v) is 7.69. The van der Waals surface area contributed by atoms with Crippen molar-refractivity contribution in [1.82, 2.24) is 15.0 Å². The van der Waals surface area contributed by atoms with Crippen molar-refractivity contribution in [3.05, 3.63) is 164 Å². The van der Waals surface area contributed by atoms with Gasteiger partial charge in [-0.1, -0.05) is 121 Å². The van der Waals surface area contributed by atoms with Crippen LogP contribution in [0.5, 0.6) is 0 Å². The molecule has 3 heterocycles. The lowest BCUT2D eigenvalue weighted by molar-refractivity contribution is 0.609. The zero-order valence-corrected chi connectivity index (χ0v) is 27.7. The molecule has 0 atom stereocenters. The first-order valence-electron chi connectivity index (χ1n) is 17.3. The Hall–Kier alpha value is -7.11. The molecule has 0 bridgehead atoms. The molecule has 242 valence electrons. The molecule has 0 aliphatic rings. The van der Waals surface area contributed by atoms with Crippen LogP contribution in [0.25, 0.3) is 111 Å². The fourth-order valence-electron chi connectivity index (χ4n) is 7.69. The highest BCUT2D eigenvalue weighted by molar-refractivity contribution is 6.15. The maximum atomic E-state index is 6.32. The van der Waals surface area contributed by atoms with Gasteiger partial charge in [0.1, 0.15) is 0 Å². The summed E-state index contributed by atoms with van der Waals surface area (Å²) in [6.45, 7) is 0. The summed E-state index contributed by atoms with van der Waals surface area (Å²) >= 11 is 0. The summed E-state index contributed by atoms with van der Waals surface area (Å²) in [5, 5.41) is 9.77. The van der Waals surface area contributed by atoms with Crippen molar-refractivity contribution in [3.63, 3.8) is 0 Å². The van der Waals surface area contributed by atoms with Crippen molar-refractivity contribution < 1.29 is 8.83 Å². The lowest BCUT2D eigenvalue weighted by atomic mass is 9.92. The molecule has 8 aromatic carbocycles. The van der Waals surface area contributed by atoms with Crippen LogP contribution in [0.1, 0.15) is 0 Å². The predicted molar refractivity (Wildman–Crippen MR) is 211 cm³/mol. The topological polar surface area (TPSA) is 65.0 Å². The normalized spacial score (nSPS) is 11.8. The Balaban J connectivity index is 0.963. The van der Waals surface area contributed by atoms with Gasteiger partial charge in [0, 0.05) is 17.2 Å². The number of hydrogen-bond acceptors (Lipinski definition) is 5. The minimum atomic E-state index is 0.486. The SMILES string of the molecule is c1cc(-c2nc3nc4nc(-c5cccc(-c6cc7ccccc7c7ccccc67)c5)oc4cc3o2)cc(-c2cc3ccccc3c3ccccc23)c1. The number of rotatable bonds is 4. The van der Waals surface area contributed by atoms with Gasteiger partial charge in [0.25, 0.3) is 0 Å². The monoisotopic (exact) mass is 665 g/mol. The summed E-state index contributed by atoms with van der Waals surface area (Å²) in [4.78, 5) is 14.4. The van der Waals surface area contributed by atoms with Gasteiger partial charge in [-0.05, 0) is 102 Å². The number of benzene rings is 8. The molecule has 0 spiro atoms. The highest BCUT2D eigenvalue weighted by Gasteiger charge is 2.18. The Kier molecular flexibility index (Phi) is 6.18. The Morgan fingerprint density at radius 2 is 0.712 bits per heavy atom. The molecule has 0 aliphatic heterocycles. The Morgan fingerprint density at radius 1 is 0.308 bits per heavy atom. The van der Waals surface area contributed by atoms with E-state index in [9.17, 15) is 0 Å². The van der Waals surface area contributed by atoms with E-state index in [1.807, 2.05) is 30.3 Å². The lowest BCUT2D eigenvalue weighted by Crippen LogP contribution is -1.86. The zero-order valence-electron chi connectivity index (χ0n) is 27.7. The van der Waals surface area contributed by atoms with Crippen LogP contribution in [-0.4, -0.2) is 15.0 Å². The number of fused-ring (bicyclic) bond motifs is 8.